The van der Waals surface area contributed by atoms with E-state index in [0.29, 0.717) is 12.0 Å². The Labute approximate surface area is 137 Å². The molecule has 0 aliphatic carbocycles. The molecule has 3 aliphatic heterocycles. The second-order valence-electron chi connectivity index (χ2n) is 6.45. The molecule has 122 valence electrons. The summed E-state index contributed by atoms with van der Waals surface area (Å²) in [7, 11) is 1.76. The number of piperidine rings is 1. The molecular formula is C17H26N2O2S. The fourth-order valence-electron chi connectivity index (χ4n) is 3.69. The number of aryl methyl sites for hydroxylation is 1. The van der Waals surface area contributed by atoms with Gasteiger partial charge in [-0.3, -0.25) is 9.69 Å². The number of fused-ring (bicyclic) bond motifs is 4. The van der Waals surface area contributed by atoms with Crippen LogP contribution in [-0.2, 0) is 11.2 Å². The summed E-state index contributed by atoms with van der Waals surface area (Å²) in [5, 5.41) is 2.02. The van der Waals surface area contributed by atoms with E-state index in [1.165, 1.54) is 17.7 Å². The smallest absolute Gasteiger partial charge is 0.254 e. The molecule has 4 rings (SSSR count). The highest BCUT2D eigenvalue weighted by Crippen LogP contribution is 2.29. The van der Waals surface area contributed by atoms with Crippen LogP contribution in [-0.4, -0.2) is 61.6 Å². The monoisotopic (exact) mass is 322 g/mol. The predicted octanol–water partition coefficient (Wildman–Crippen LogP) is 2.49. The van der Waals surface area contributed by atoms with Crippen LogP contribution in [0.15, 0.2) is 11.4 Å². The summed E-state index contributed by atoms with van der Waals surface area (Å²) >= 11 is 1.70. The molecule has 2 bridgehead atoms. The molecule has 3 fully saturated rings. The van der Waals surface area contributed by atoms with Crippen LogP contribution < -0.4 is 0 Å². The Bertz CT molecular complexity index is 517. The SMILES string of the molecule is CCc1cc(C(=O)N2C[C@@H]3CC[C@H](C2)N(CCOC)C3)cs1. The standard InChI is InChI=1S/C17H26N2O2S/c1-3-16-8-14(12-22-16)17(20)19-10-13-4-5-15(11-19)18(9-13)6-7-21-2/h8,12-13,15H,3-7,9-11H2,1-2H3/t13-,15-/m1/s1. The van der Waals surface area contributed by atoms with Crippen molar-refractivity contribution in [2.75, 3.05) is 39.9 Å². The van der Waals surface area contributed by atoms with Gasteiger partial charge in [-0.25, -0.2) is 0 Å². The molecule has 0 radical (unpaired) electrons. The average molecular weight is 322 g/mol. The van der Waals surface area contributed by atoms with Crippen molar-refractivity contribution in [3.8, 4) is 0 Å². The van der Waals surface area contributed by atoms with E-state index in [1.54, 1.807) is 18.4 Å². The lowest BCUT2D eigenvalue weighted by Gasteiger charge is -2.35. The van der Waals surface area contributed by atoms with Crippen LogP contribution in [0.5, 0.6) is 0 Å². The van der Waals surface area contributed by atoms with Gasteiger partial charge in [-0.2, -0.15) is 0 Å². The molecule has 1 aromatic rings. The van der Waals surface area contributed by atoms with E-state index < -0.39 is 0 Å². The molecule has 0 unspecified atom stereocenters. The lowest BCUT2D eigenvalue weighted by Crippen LogP contribution is -2.45. The van der Waals surface area contributed by atoms with Crippen LogP contribution >= 0.6 is 11.3 Å². The van der Waals surface area contributed by atoms with E-state index in [9.17, 15) is 4.79 Å². The van der Waals surface area contributed by atoms with Gasteiger partial charge in [0.15, 0.2) is 0 Å². The van der Waals surface area contributed by atoms with Gasteiger partial charge >= 0.3 is 0 Å². The number of hydrogen-bond acceptors (Lipinski definition) is 4. The van der Waals surface area contributed by atoms with Gasteiger partial charge in [0.05, 0.1) is 12.2 Å². The van der Waals surface area contributed by atoms with E-state index in [4.69, 9.17) is 4.74 Å². The maximum Gasteiger partial charge on any atom is 0.254 e. The van der Waals surface area contributed by atoms with Gasteiger partial charge < -0.3 is 9.64 Å². The zero-order valence-electron chi connectivity index (χ0n) is 13.6. The Hall–Kier alpha value is -0.910. The van der Waals surface area contributed by atoms with Crippen molar-refractivity contribution in [3.05, 3.63) is 21.9 Å². The van der Waals surface area contributed by atoms with Crippen molar-refractivity contribution in [2.45, 2.75) is 32.2 Å². The maximum absolute atomic E-state index is 12.8. The number of methoxy groups -OCH3 is 1. The van der Waals surface area contributed by atoms with Crippen molar-refractivity contribution >= 4 is 17.2 Å². The van der Waals surface area contributed by atoms with Gasteiger partial charge in [0.2, 0.25) is 0 Å². The third-order valence-corrected chi connectivity index (χ3v) is 6.03. The Morgan fingerprint density at radius 2 is 2.23 bits per heavy atom. The molecule has 0 N–H and O–H groups in total. The first-order chi connectivity index (χ1) is 10.7. The van der Waals surface area contributed by atoms with E-state index >= 15 is 0 Å². The van der Waals surface area contributed by atoms with E-state index in [2.05, 4.69) is 22.8 Å². The van der Waals surface area contributed by atoms with Crippen molar-refractivity contribution < 1.29 is 9.53 Å². The third-order valence-electron chi connectivity index (χ3n) is 4.95. The van der Waals surface area contributed by atoms with Gasteiger partial charge in [0.25, 0.3) is 5.91 Å². The fourth-order valence-corrected chi connectivity index (χ4v) is 4.50. The molecule has 1 aromatic heterocycles. The minimum Gasteiger partial charge on any atom is -0.383 e. The van der Waals surface area contributed by atoms with Crippen molar-refractivity contribution in [1.29, 1.82) is 0 Å². The fraction of sp³-hybridized carbons (Fsp3) is 0.706. The number of hydrogen-bond donors (Lipinski definition) is 0. The summed E-state index contributed by atoms with van der Waals surface area (Å²) in [5.74, 6) is 0.838. The zero-order chi connectivity index (χ0) is 15.5. The number of nitrogens with zero attached hydrogens (tertiary/aromatic N) is 2. The summed E-state index contributed by atoms with van der Waals surface area (Å²) < 4.78 is 5.23. The molecule has 0 saturated carbocycles. The van der Waals surface area contributed by atoms with Crippen molar-refractivity contribution in [3.63, 3.8) is 0 Å². The van der Waals surface area contributed by atoms with Crippen molar-refractivity contribution in [2.24, 2.45) is 5.92 Å². The van der Waals surface area contributed by atoms with Gasteiger partial charge in [0, 0.05) is 49.6 Å². The van der Waals surface area contributed by atoms with Gasteiger partial charge in [-0.1, -0.05) is 6.92 Å². The predicted molar refractivity (Wildman–Crippen MR) is 89.6 cm³/mol. The number of ether oxygens (including phenoxy) is 1. The van der Waals surface area contributed by atoms with Gasteiger partial charge in [-0.15, -0.1) is 11.3 Å². The summed E-state index contributed by atoms with van der Waals surface area (Å²) in [6.45, 7) is 6.80. The highest BCUT2D eigenvalue weighted by molar-refractivity contribution is 7.10. The highest BCUT2D eigenvalue weighted by Gasteiger charge is 2.36. The molecule has 5 heteroatoms. The Morgan fingerprint density at radius 3 is 2.95 bits per heavy atom. The van der Waals surface area contributed by atoms with Crippen LogP contribution in [0.25, 0.3) is 0 Å². The van der Waals surface area contributed by atoms with E-state index in [1.807, 2.05) is 5.38 Å². The number of rotatable bonds is 5. The average Bonchev–Trinajstić information content (AvgIpc) is 2.84. The molecule has 3 saturated heterocycles. The first-order valence-electron chi connectivity index (χ1n) is 8.31. The molecule has 2 atom stereocenters. The van der Waals surface area contributed by atoms with Crippen molar-refractivity contribution in [1.82, 2.24) is 9.80 Å². The molecule has 4 nitrogen and oxygen atoms in total. The molecule has 1 amide bonds. The molecule has 0 aromatic carbocycles. The molecule has 0 spiro atoms. The van der Waals surface area contributed by atoms with Crippen LogP contribution in [0.4, 0.5) is 0 Å². The Kier molecular flexibility index (Phi) is 5.16. The molecule has 22 heavy (non-hydrogen) atoms. The Morgan fingerprint density at radius 1 is 1.36 bits per heavy atom. The number of amides is 1. The second-order valence-corrected chi connectivity index (χ2v) is 7.45. The quantitative estimate of drug-likeness (QED) is 0.835. The van der Waals surface area contributed by atoms with Crippen LogP contribution in [0.2, 0.25) is 0 Å². The summed E-state index contributed by atoms with van der Waals surface area (Å²) in [5.41, 5.74) is 0.881. The largest absolute Gasteiger partial charge is 0.383 e. The first kappa shape index (κ1) is 16.0. The summed E-state index contributed by atoms with van der Waals surface area (Å²) in [4.78, 5) is 18.7. The van der Waals surface area contributed by atoms with Crippen LogP contribution in [0.1, 0.15) is 35.0 Å². The lowest BCUT2D eigenvalue weighted by molar-refractivity contribution is 0.0718. The number of carbonyl (C=O) groups excluding carboxylic acids is 1. The lowest BCUT2D eigenvalue weighted by atomic mass is 9.95. The zero-order valence-corrected chi connectivity index (χ0v) is 14.4. The minimum absolute atomic E-state index is 0.224. The van der Waals surface area contributed by atoms with Gasteiger partial charge in [0.1, 0.15) is 0 Å². The molecular weight excluding hydrogens is 296 g/mol. The molecule has 3 aliphatic rings. The summed E-state index contributed by atoms with van der Waals surface area (Å²) in [6, 6.07) is 2.57. The van der Waals surface area contributed by atoms with E-state index in [0.717, 1.165) is 44.8 Å². The van der Waals surface area contributed by atoms with Crippen LogP contribution in [0.3, 0.4) is 0 Å². The number of thiophene rings is 1. The normalized spacial score (nSPS) is 25.5. The van der Waals surface area contributed by atoms with Gasteiger partial charge in [-0.05, 0) is 31.2 Å². The summed E-state index contributed by atoms with van der Waals surface area (Å²) in [6.07, 6.45) is 3.47. The highest BCUT2D eigenvalue weighted by atomic mass is 32.1. The second kappa shape index (κ2) is 7.11. The third kappa shape index (κ3) is 3.36. The topological polar surface area (TPSA) is 32.8 Å². The molecule has 4 heterocycles. The van der Waals surface area contributed by atoms with Crippen LogP contribution in [0, 0.1) is 5.92 Å². The van der Waals surface area contributed by atoms with E-state index in [-0.39, 0.29) is 5.91 Å². The first-order valence-corrected chi connectivity index (χ1v) is 9.19. The number of carbonyl (C=O) groups is 1. The minimum atomic E-state index is 0.224. The Balaban J connectivity index is 1.69. The maximum atomic E-state index is 12.8.